The predicted octanol–water partition coefficient (Wildman–Crippen LogP) is 3.25. The van der Waals surface area contributed by atoms with Crippen molar-refractivity contribution in [1.29, 1.82) is 0 Å². The monoisotopic (exact) mass is 252 g/mol. The third kappa shape index (κ3) is 2.86. The summed E-state index contributed by atoms with van der Waals surface area (Å²) in [5, 5.41) is 4.17. The Balaban J connectivity index is 2.07. The van der Waals surface area contributed by atoms with Gasteiger partial charge >= 0.3 is 0 Å². The van der Waals surface area contributed by atoms with E-state index in [-0.39, 0.29) is 5.91 Å². The fraction of sp³-hybridized carbons (Fsp3) is 0.692. The van der Waals surface area contributed by atoms with Crippen LogP contribution in [0.5, 0.6) is 0 Å². The van der Waals surface area contributed by atoms with E-state index in [9.17, 15) is 4.79 Å². The van der Waals surface area contributed by atoms with Gasteiger partial charge in [-0.3, -0.25) is 4.79 Å². The molecular weight excluding hydrogens is 232 g/mol. The fourth-order valence-corrected chi connectivity index (χ4v) is 3.17. The van der Waals surface area contributed by atoms with Crippen LogP contribution in [-0.4, -0.2) is 16.9 Å². The number of carbonyl (C=O) groups excluding carboxylic acids is 1. The van der Waals surface area contributed by atoms with Crippen LogP contribution in [0.25, 0.3) is 0 Å². The lowest BCUT2D eigenvalue weighted by Gasteiger charge is -2.10. The summed E-state index contributed by atoms with van der Waals surface area (Å²) >= 11 is 1.54. The number of thiazole rings is 1. The average Bonchev–Trinajstić information content (AvgIpc) is 2.86. The Morgan fingerprint density at radius 1 is 1.41 bits per heavy atom. The van der Waals surface area contributed by atoms with Crippen molar-refractivity contribution in [2.45, 2.75) is 58.4 Å². The maximum atomic E-state index is 12.1. The summed E-state index contributed by atoms with van der Waals surface area (Å²) in [5.41, 5.74) is 0.870. The molecule has 0 bridgehead atoms. The molecule has 1 fully saturated rings. The zero-order valence-electron chi connectivity index (χ0n) is 10.7. The quantitative estimate of drug-likeness (QED) is 0.897. The summed E-state index contributed by atoms with van der Waals surface area (Å²) in [4.78, 5) is 17.4. The van der Waals surface area contributed by atoms with Gasteiger partial charge in [-0.15, -0.1) is 11.3 Å². The Bertz CT molecular complexity index is 406. The summed E-state index contributed by atoms with van der Waals surface area (Å²) in [6.45, 7) is 6.14. The summed E-state index contributed by atoms with van der Waals surface area (Å²) in [7, 11) is 0. The molecule has 0 radical (unpaired) electrons. The van der Waals surface area contributed by atoms with E-state index in [4.69, 9.17) is 0 Å². The molecular formula is C13H20N2OS. The van der Waals surface area contributed by atoms with Crippen molar-refractivity contribution in [3.05, 3.63) is 15.6 Å². The van der Waals surface area contributed by atoms with Gasteiger partial charge in [-0.05, 0) is 19.8 Å². The van der Waals surface area contributed by atoms with Crippen molar-refractivity contribution in [1.82, 2.24) is 10.3 Å². The van der Waals surface area contributed by atoms with Gasteiger partial charge in [-0.2, -0.15) is 0 Å². The second-order valence-corrected chi connectivity index (χ2v) is 6.11. The SMILES string of the molecule is Cc1nc(C(C)C)sc1C(=O)NC1CCCC1. The summed E-state index contributed by atoms with van der Waals surface area (Å²) < 4.78 is 0. The number of hydrogen-bond acceptors (Lipinski definition) is 3. The van der Waals surface area contributed by atoms with Crippen LogP contribution in [0.4, 0.5) is 0 Å². The van der Waals surface area contributed by atoms with Crippen LogP contribution in [0.1, 0.15) is 65.8 Å². The van der Waals surface area contributed by atoms with Crippen molar-refractivity contribution >= 4 is 17.2 Å². The van der Waals surface area contributed by atoms with Gasteiger partial charge in [0.1, 0.15) is 4.88 Å². The number of amides is 1. The first-order valence-electron chi connectivity index (χ1n) is 6.36. The molecule has 0 unspecified atom stereocenters. The molecule has 1 aliphatic carbocycles. The maximum Gasteiger partial charge on any atom is 0.263 e. The first-order valence-corrected chi connectivity index (χ1v) is 7.17. The molecule has 1 aromatic rings. The molecule has 0 aromatic carbocycles. The molecule has 1 heterocycles. The molecule has 0 aliphatic heterocycles. The average molecular weight is 252 g/mol. The van der Waals surface area contributed by atoms with Crippen molar-refractivity contribution in [3.8, 4) is 0 Å². The maximum absolute atomic E-state index is 12.1. The fourth-order valence-electron chi connectivity index (χ4n) is 2.20. The van der Waals surface area contributed by atoms with Gasteiger partial charge in [0, 0.05) is 12.0 Å². The van der Waals surface area contributed by atoms with Crippen LogP contribution in [-0.2, 0) is 0 Å². The van der Waals surface area contributed by atoms with Crippen molar-refractivity contribution in [2.24, 2.45) is 0 Å². The highest BCUT2D eigenvalue weighted by Gasteiger charge is 2.21. The van der Waals surface area contributed by atoms with E-state index in [2.05, 4.69) is 24.1 Å². The minimum atomic E-state index is 0.0683. The van der Waals surface area contributed by atoms with Gasteiger partial charge in [0.2, 0.25) is 0 Å². The first kappa shape index (κ1) is 12.6. The number of aromatic nitrogens is 1. The van der Waals surface area contributed by atoms with E-state index in [1.54, 1.807) is 0 Å². The second kappa shape index (κ2) is 5.17. The van der Waals surface area contributed by atoms with Crippen LogP contribution in [0.2, 0.25) is 0 Å². The Morgan fingerprint density at radius 3 is 2.59 bits per heavy atom. The number of nitrogens with zero attached hydrogens (tertiary/aromatic N) is 1. The lowest BCUT2D eigenvalue weighted by atomic mass is 10.2. The highest BCUT2D eigenvalue weighted by molar-refractivity contribution is 7.13. The van der Waals surface area contributed by atoms with Crippen molar-refractivity contribution < 1.29 is 4.79 Å². The van der Waals surface area contributed by atoms with Crippen molar-refractivity contribution in [2.75, 3.05) is 0 Å². The van der Waals surface area contributed by atoms with Gasteiger partial charge < -0.3 is 5.32 Å². The Kier molecular flexibility index (Phi) is 3.82. The summed E-state index contributed by atoms with van der Waals surface area (Å²) in [6.07, 6.45) is 4.73. The zero-order valence-corrected chi connectivity index (χ0v) is 11.6. The third-order valence-electron chi connectivity index (χ3n) is 3.20. The zero-order chi connectivity index (χ0) is 12.4. The van der Waals surface area contributed by atoms with E-state index < -0.39 is 0 Å². The topological polar surface area (TPSA) is 42.0 Å². The van der Waals surface area contributed by atoms with Crippen LogP contribution < -0.4 is 5.32 Å². The lowest BCUT2D eigenvalue weighted by molar-refractivity contribution is 0.0941. The first-order chi connectivity index (χ1) is 8.08. The molecule has 1 amide bonds. The van der Waals surface area contributed by atoms with E-state index in [0.717, 1.165) is 28.4 Å². The second-order valence-electron chi connectivity index (χ2n) is 5.08. The number of aryl methyl sites for hydroxylation is 1. The summed E-state index contributed by atoms with van der Waals surface area (Å²) in [5.74, 6) is 0.463. The molecule has 3 nitrogen and oxygen atoms in total. The van der Waals surface area contributed by atoms with Gasteiger partial charge in [0.25, 0.3) is 5.91 Å². The number of nitrogens with one attached hydrogen (secondary N) is 1. The highest BCUT2D eigenvalue weighted by atomic mass is 32.1. The Hall–Kier alpha value is -0.900. The van der Waals surface area contributed by atoms with Crippen LogP contribution >= 0.6 is 11.3 Å². The molecule has 0 saturated heterocycles. The largest absolute Gasteiger partial charge is 0.349 e. The molecule has 17 heavy (non-hydrogen) atoms. The molecule has 1 N–H and O–H groups in total. The van der Waals surface area contributed by atoms with Crippen molar-refractivity contribution in [3.63, 3.8) is 0 Å². The van der Waals surface area contributed by atoms with E-state index in [1.807, 2.05) is 6.92 Å². The van der Waals surface area contributed by atoms with Crippen LogP contribution in [0.15, 0.2) is 0 Å². The van der Waals surface area contributed by atoms with E-state index in [1.165, 1.54) is 24.2 Å². The van der Waals surface area contributed by atoms with Gasteiger partial charge in [0.05, 0.1) is 10.7 Å². The standard InChI is InChI=1S/C13H20N2OS/c1-8(2)13-14-9(3)11(17-13)12(16)15-10-6-4-5-7-10/h8,10H,4-7H2,1-3H3,(H,15,16). The third-order valence-corrected chi connectivity index (χ3v) is 4.66. The molecule has 1 saturated carbocycles. The molecule has 1 aromatic heterocycles. The minimum absolute atomic E-state index is 0.0683. The predicted molar refractivity (Wildman–Crippen MR) is 70.7 cm³/mol. The summed E-state index contributed by atoms with van der Waals surface area (Å²) in [6, 6.07) is 0.381. The van der Waals surface area contributed by atoms with Gasteiger partial charge in [-0.1, -0.05) is 26.7 Å². The number of carbonyl (C=O) groups is 1. The minimum Gasteiger partial charge on any atom is -0.349 e. The molecule has 0 spiro atoms. The number of rotatable bonds is 3. The molecule has 2 rings (SSSR count). The Labute approximate surface area is 107 Å². The highest BCUT2D eigenvalue weighted by Crippen LogP contribution is 2.25. The molecule has 94 valence electrons. The molecule has 4 heteroatoms. The van der Waals surface area contributed by atoms with E-state index >= 15 is 0 Å². The van der Waals surface area contributed by atoms with Crippen LogP contribution in [0.3, 0.4) is 0 Å². The van der Waals surface area contributed by atoms with Gasteiger partial charge in [-0.25, -0.2) is 4.98 Å². The molecule has 1 aliphatic rings. The smallest absolute Gasteiger partial charge is 0.263 e. The molecule has 0 atom stereocenters. The number of hydrogen-bond donors (Lipinski definition) is 1. The Morgan fingerprint density at radius 2 is 2.06 bits per heavy atom. The van der Waals surface area contributed by atoms with Crippen LogP contribution in [0, 0.1) is 6.92 Å². The van der Waals surface area contributed by atoms with Gasteiger partial charge in [0.15, 0.2) is 0 Å². The normalized spacial score (nSPS) is 16.7. The lowest BCUT2D eigenvalue weighted by Crippen LogP contribution is -2.32. The van der Waals surface area contributed by atoms with E-state index in [0.29, 0.717) is 12.0 Å².